The number of hydrogen-bond donors (Lipinski definition) is 1. The molecule has 1 saturated heterocycles. The Kier molecular flexibility index (Phi) is 7.74. The lowest BCUT2D eigenvalue weighted by Gasteiger charge is -2.34. The molecule has 0 bridgehead atoms. The van der Waals surface area contributed by atoms with Crippen LogP contribution in [0.4, 0.5) is 0 Å². The first kappa shape index (κ1) is 17.4. The fourth-order valence-electron chi connectivity index (χ4n) is 2.62. The molecule has 1 aliphatic heterocycles. The van der Waals surface area contributed by atoms with Crippen LogP contribution in [0.5, 0.6) is 0 Å². The Morgan fingerprint density at radius 3 is 2.24 bits per heavy atom. The fourth-order valence-corrected chi connectivity index (χ4v) is 2.62. The summed E-state index contributed by atoms with van der Waals surface area (Å²) in [6.45, 7) is 4.56. The van der Waals surface area contributed by atoms with E-state index in [-0.39, 0.29) is 12.0 Å². The second kappa shape index (κ2) is 9.33. The zero-order chi connectivity index (χ0) is 15.7. The summed E-state index contributed by atoms with van der Waals surface area (Å²) in [6, 6.07) is 4.07. The average Bonchev–Trinajstić information content (AvgIpc) is 2.47. The van der Waals surface area contributed by atoms with Crippen LogP contribution in [0.1, 0.15) is 32.6 Å². The van der Waals surface area contributed by atoms with Gasteiger partial charge in [-0.1, -0.05) is 0 Å². The van der Waals surface area contributed by atoms with Crippen LogP contribution in [0, 0.1) is 28.6 Å². The lowest BCUT2D eigenvalue weighted by molar-refractivity contribution is -0.132. The number of piperidine rings is 1. The van der Waals surface area contributed by atoms with Crippen LogP contribution >= 0.6 is 0 Å². The van der Waals surface area contributed by atoms with Crippen LogP contribution in [-0.4, -0.2) is 59.6 Å². The summed E-state index contributed by atoms with van der Waals surface area (Å²) in [5, 5.41) is 26.8. The van der Waals surface area contributed by atoms with Crippen molar-refractivity contribution >= 4 is 5.91 Å². The summed E-state index contributed by atoms with van der Waals surface area (Å²) in [4.78, 5) is 15.9. The molecular formula is C15H24N4O2. The first-order chi connectivity index (χ1) is 10.1. The highest BCUT2D eigenvalue weighted by Crippen LogP contribution is 2.20. The highest BCUT2D eigenvalue weighted by atomic mass is 16.3. The summed E-state index contributed by atoms with van der Waals surface area (Å²) in [5.41, 5.74) is 0. The van der Waals surface area contributed by atoms with E-state index >= 15 is 0 Å². The number of rotatable bonds is 7. The number of likely N-dealkylation sites (tertiary alicyclic amines) is 1. The molecule has 0 radical (unpaired) electrons. The van der Waals surface area contributed by atoms with Crippen molar-refractivity contribution in [3.05, 3.63) is 0 Å². The maximum absolute atomic E-state index is 12.3. The highest BCUT2D eigenvalue weighted by Gasteiger charge is 2.25. The lowest BCUT2D eigenvalue weighted by atomic mass is 9.92. The molecule has 1 aliphatic rings. The van der Waals surface area contributed by atoms with Gasteiger partial charge in [0.2, 0.25) is 5.91 Å². The van der Waals surface area contributed by atoms with Crippen molar-refractivity contribution in [2.24, 2.45) is 5.92 Å². The van der Waals surface area contributed by atoms with E-state index in [9.17, 15) is 9.90 Å². The van der Waals surface area contributed by atoms with Crippen LogP contribution in [0.25, 0.3) is 0 Å². The maximum atomic E-state index is 12.3. The molecule has 0 aliphatic carbocycles. The standard InChI is InChI=1S/C15H24N4O2/c1-13(20)14-4-10-18(11-5-14)12-15(21)19(8-2-6-16)9-3-7-17/h13-14,20H,2-5,8-12H2,1H3. The predicted molar refractivity (Wildman–Crippen MR) is 77.9 cm³/mol. The summed E-state index contributed by atoms with van der Waals surface area (Å²) in [6.07, 6.45) is 2.11. The third-order valence-electron chi connectivity index (χ3n) is 4.01. The lowest BCUT2D eigenvalue weighted by Crippen LogP contribution is -2.45. The van der Waals surface area contributed by atoms with Crippen LogP contribution in [0.2, 0.25) is 0 Å². The number of amides is 1. The highest BCUT2D eigenvalue weighted by molar-refractivity contribution is 5.78. The molecule has 6 nitrogen and oxygen atoms in total. The van der Waals surface area contributed by atoms with Crippen molar-refractivity contribution < 1.29 is 9.90 Å². The number of nitrogens with zero attached hydrogens (tertiary/aromatic N) is 4. The molecule has 1 rings (SSSR count). The van der Waals surface area contributed by atoms with E-state index in [1.807, 2.05) is 19.1 Å². The van der Waals surface area contributed by atoms with Crippen LogP contribution in [-0.2, 0) is 4.79 Å². The molecule has 21 heavy (non-hydrogen) atoms. The minimum Gasteiger partial charge on any atom is -0.393 e. The summed E-state index contributed by atoms with van der Waals surface area (Å²) >= 11 is 0. The molecule has 0 saturated carbocycles. The second-order valence-corrected chi connectivity index (χ2v) is 5.55. The van der Waals surface area contributed by atoms with E-state index in [1.165, 1.54) is 0 Å². The predicted octanol–water partition coefficient (Wildman–Crippen LogP) is 0.735. The topological polar surface area (TPSA) is 91.4 Å². The largest absolute Gasteiger partial charge is 0.393 e. The molecule has 1 heterocycles. The minimum absolute atomic E-state index is 0.0176. The van der Waals surface area contributed by atoms with Gasteiger partial charge in [-0.05, 0) is 38.8 Å². The Morgan fingerprint density at radius 1 is 1.29 bits per heavy atom. The Balaban J connectivity index is 2.42. The van der Waals surface area contributed by atoms with Gasteiger partial charge in [0.1, 0.15) is 0 Å². The quantitative estimate of drug-likeness (QED) is 0.747. The van der Waals surface area contributed by atoms with Crippen molar-refractivity contribution in [2.75, 3.05) is 32.7 Å². The van der Waals surface area contributed by atoms with Crippen molar-refractivity contribution in [3.63, 3.8) is 0 Å². The monoisotopic (exact) mass is 292 g/mol. The first-order valence-corrected chi connectivity index (χ1v) is 7.50. The maximum Gasteiger partial charge on any atom is 0.236 e. The molecule has 0 spiro atoms. The number of carbonyl (C=O) groups is 1. The molecule has 6 heteroatoms. The van der Waals surface area contributed by atoms with Crippen molar-refractivity contribution in [3.8, 4) is 12.1 Å². The van der Waals surface area contributed by atoms with Gasteiger partial charge in [-0.3, -0.25) is 9.69 Å². The number of carbonyl (C=O) groups excluding carboxylic acids is 1. The molecule has 0 aromatic heterocycles. The van der Waals surface area contributed by atoms with Gasteiger partial charge >= 0.3 is 0 Å². The smallest absolute Gasteiger partial charge is 0.236 e. The second-order valence-electron chi connectivity index (χ2n) is 5.55. The summed E-state index contributed by atoms with van der Waals surface area (Å²) in [5.74, 6) is 0.306. The SMILES string of the molecule is CC(O)C1CCN(CC(=O)N(CCC#N)CCC#N)CC1. The van der Waals surface area contributed by atoms with Gasteiger partial charge < -0.3 is 10.0 Å². The summed E-state index contributed by atoms with van der Waals surface area (Å²) < 4.78 is 0. The van der Waals surface area contributed by atoms with Crippen molar-refractivity contribution in [1.29, 1.82) is 10.5 Å². The Hall–Kier alpha value is -1.63. The Bertz CT molecular complexity index is 385. The van der Waals surface area contributed by atoms with Crippen LogP contribution in [0.15, 0.2) is 0 Å². The normalized spacial score (nSPS) is 17.7. The van der Waals surface area contributed by atoms with E-state index < -0.39 is 0 Å². The fraction of sp³-hybridized carbons (Fsp3) is 0.800. The molecule has 0 aromatic rings. The molecular weight excluding hydrogens is 268 g/mol. The van der Waals surface area contributed by atoms with Gasteiger partial charge in [-0.25, -0.2) is 0 Å². The van der Waals surface area contributed by atoms with Gasteiger partial charge in [-0.15, -0.1) is 0 Å². The van der Waals surface area contributed by atoms with Gasteiger partial charge in [-0.2, -0.15) is 10.5 Å². The zero-order valence-corrected chi connectivity index (χ0v) is 12.7. The molecule has 116 valence electrons. The van der Waals surface area contributed by atoms with Crippen molar-refractivity contribution in [1.82, 2.24) is 9.80 Å². The number of aliphatic hydroxyl groups is 1. The number of aliphatic hydroxyl groups excluding tert-OH is 1. The average molecular weight is 292 g/mol. The van der Waals surface area contributed by atoms with Crippen LogP contribution in [0.3, 0.4) is 0 Å². The third kappa shape index (κ3) is 6.12. The molecule has 0 aromatic carbocycles. The van der Waals surface area contributed by atoms with Crippen LogP contribution < -0.4 is 0 Å². The van der Waals surface area contributed by atoms with E-state index in [0.717, 1.165) is 25.9 Å². The van der Waals surface area contributed by atoms with Gasteiger partial charge in [0.05, 0.1) is 37.6 Å². The van der Waals surface area contributed by atoms with Gasteiger partial charge in [0, 0.05) is 13.1 Å². The molecule has 1 N–H and O–H groups in total. The van der Waals surface area contributed by atoms with E-state index in [1.54, 1.807) is 4.90 Å². The van der Waals surface area contributed by atoms with Gasteiger partial charge in [0.15, 0.2) is 0 Å². The van der Waals surface area contributed by atoms with Gasteiger partial charge in [0.25, 0.3) is 0 Å². The number of hydrogen-bond acceptors (Lipinski definition) is 5. The first-order valence-electron chi connectivity index (χ1n) is 7.50. The van der Waals surface area contributed by atoms with E-state index in [0.29, 0.717) is 38.4 Å². The zero-order valence-electron chi connectivity index (χ0n) is 12.7. The minimum atomic E-state index is -0.286. The molecule has 1 amide bonds. The Morgan fingerprint density at radius 2 is 1.81 bits per heavy atom. The summed E-state index contributed by atoms with van der Waals surface area (Å²) in [7, 11) is 0. The third-order valence-corrected chi connectivity index (χ3v) is 4.01. The molecule has 1 atom stereocenters. The van der Waals surface area contributed by atoms with E-state index in [4.69, 9.17) is 10.5 Å². The molecule has 1 fully saturated rings. The van der Waals surface area contributed by atoms with Crippen molar-refractivity contribution in [2.45, 2.75) is 38.7 Å². The van der Waals surface area contributed by atoms with E-state index in [2.05, 4.69) is 4.90 Å². The number of nitriles is 2. The molecule has 1 unspecified atom stereocenters. The Labute approximate surface area is 126 Å².